The van der Waals surface area contributed by atoms with Crippen molar-refractivity contribution in [3.8, 4) is 0 Å². The molecule has 3 N–H and O–H groups in total. The van der Waals surface area contributed by atoms with E-state index in [1.54, 1.807) is 12.5 Å². The van der Waals surface area contributed by atoms with E-state index >= 15 is 0 Å². The number of nitrogens with two attached hydrogens (primary N) is 1. The topological polar surface area (TPSA) is 72.9 Å². The summed E-state index contributed by atoms with van der Waals surface area (Å²) in [6.07, 6.45) is 9.87. The number of primary amides is 1. The highest BCUT2D eigenvalue weighted by Crippen LogP contribution is 2.42. The van der Waals surface area contributed by atoms with Crippen molar-refractivity contribution in [2.45, 2.75) is 43.8 Å². The molecule has 3 rings (SSSR count). The van der Waals surface area contributed by atoms with Crippen molar-refractivity contribution in [1.29, 1.82) is 0 Å². The van der Waals surface area contributed by atoms with Gasteiger partial charge in [-0.1, -0.05) is 0 Å². The molecule has 2 fully saturated rings. The third-order valence-electron chi connectivity index (χ3n) is 3.74. The molecule has 2 aliphatic carbocycles. The molecular weight excluding hydrogens is 216 g/mol. The quantitative estimate of drug-likeness (QED) is 0.742. The number of nitrogens with zero attached hydrogens (tertiary/aromatic N) is 2. The predicted molar refractivity (Wildman–Crippen MR) is 63.0 cm³/mol. The van der Waals surface area contributed by atoms with Crippen LogP contribution in [0.25, 0.3) is 0 Å². The maximum Gasteiger partial charge on any atom is 0.239 e. The van der Waals surface area contributed by atoms with Crippen LogP contribution in [-0.4, -0.2) is 27.0 Å². The molecule has 0 spiro atoms. The van der Waals surface area contributed by atoms with Crippen LogP contribution in [0.15, 0.2) is 18.7 Å². The minimum absolute atomic E-state index is 0.222. The molecule has 5 heteroatoms. The van der Waals surface area contributed by atoms with E-state index in [0.717, 1.165) is 25.7 Å². The van der Waals surface area contributed by atoms with Gasteiger partial charge in [-0.2, -0.15) is 0 Å². The highest BCUT2D eigenvalue weighted by molar-refractivity contribution is 5.85. The molecule has 0 aromatic carbocycles. The molecule has 1 amide bonds. The molecule has 0 bridgehead atoms. The molecule has 92 valence electrons. The summed E-state index contributed by atoms with van der Waals surface area (Å²) in [5.41, 5.74) is 5.10. The van der Waals surface area contributed by atoms with Gasteiger partial charge < -0.3 is 10.3 Å². The molecular formula is C12H18N4O. The fourth-order valence-electron chi connectivity index (χ4n) is 2.48. The van der Waals surface area contributed by atoms with Crippen LogP contribution in [0.4, 0.5) is 0 Å². The number of amides is 1. The number of nitrogens with one attached hydrogen (secondary N) is 1. The molecule has 0 saturated heterocycles. The Morgan fingerprint density at radius 3 is 2.71 bits per heavy atom. The Hall–Kier alpha value is -1.36. The minimum atomic E-state index is -0.568. The number of carbonyl (C=O) groups excluding carboxylic acids is 1. The Morgan fingerprint density at radius 1 is 1.47 bits per heavy atom. The average Bonchev–Trinajstić information content (AvgIpc) is 3.19. The third-order valence-corrected chi connectivity index (χ3v) is 3.74. The summed E-state index contributed by atoms with van der Waals surface area (Å²) in [4.78, 5) is 15.9. The Labute approximate surface area is 100 Å². The smallest absolute Gasteiger partial charge is 0.239 e. The lowest BCUT2D eigenvalue weighted by atomic mass is 9.91. The average molecular weight is 234 g/mol. The standard InChI is InChI=1S/C12H18N4O/c13-11(17)12(9-1-2-9,15-10-3-4-10)7-16-6-5-14-8-16/h5-6,8-10,15H,1-4,7H2,(H2,13,17). The fourth-order valence-corrected chi connectivity index (χ4v) is 2.48. The maximum absolute atomic E-state index is 11.9. The Bertz CT molecular complexity index is 408. The van der Waals surface area contributed by atoms with Crippen LogP contribution in [0.5, 0.6) is 0 Å². The van der Waals surface area contributed by atoms with Gasteiger partial charge in [0.05, 0.1) is 12.9 Å². The minimum Gasteiger partial charge on any atom is -0.368 e. The van der Waals surface area contributed by atoms with Crippen molar-refractivity contribution in [3.05, 3.63) is 18.7 Å². The Morgan fingerprint density at radius 2 is 2.24 bits per heavy atom. The van der Waals surface area contributed by atoms with E-state index in [4.69, 9.17) is 5.73 Å². The Kier molecular flexibility index (Phi) is 2.43. The van der Waals surface area contributed by atoms with E-state index in [9.17, 15) is 4.79 Å². The molecule has 5 nitrogen and oxygen atoms in total. The summed E-state index contributed by atoms with van der Waals surface area (Å²) in [6.45, 7) is 0.601. The molecule has 2 saturated carbocycles. The first-order valence-electron chi connectivity index (χ1n) is 6.24. The maximum atomic E-state index is 11.9. The van der Waals surface area contributed by atoms with Crippen LogP contribution in [0.2, 0.25) is 0 Å². The van der Waals surface area contributed by atoms with Crippen molar-refractivity contribution < 1.29 is 4.79 Å². The number of imidazole rings is 1. The number of hydrogen-bond donors (Lipinski definition) is 2. The zero-order valence-corrected chi connectivity index (χ0v) is 9.80. The first-order valence-corrected chi connectivity index (χ1v) is 6.24. The number of carbonyl (C=O) groups is 1. The van der Waals surface area contributed by atoms with Gasteiger partial charge in [-0.05, 0) is 31.6 Å². The van der Waals surface area contributed by atoms with Crippen molar-refractivity contribution in [1.82, 2.24) is 14.9 Å². The second-order valence-corrected chi connectivity index (χ2v) is 5.26. The number of rotatable bonds is 6. The molecule has 1 aromatic rings. The Balaban J connectivity index is 1.84. The van der Waals surface area contributed by atoms with E-state index < -0.39 is 5.54 Å². The van der Waals surface area contributed by atoms with Crippen molar-refractivity contribution in [3.63, 3.8) is 0 Å². The summed E-state index contributed by atoms with van der Waals surface area (Å²) < 4.78 is 1.94. The molecule has 1 aromatic heterocycles. The first kappa shape index (κ1) is 10.8. The van der Waals surface area contributed by atoms with Gasteiger partial charge in [-0.3, -0.25) is 10.1 Å². The molecule has 0 radical (unpaired) electrons. The lowest BCUT2D eigenvalue weighted by molar-refractivity contribution is -0.126. The summed E-state index contributed by atoms with van der Waals surface area (Å²) in [5, 5.41) is 3.48. The van der Waals surface area contributed by atoms with Gasteiger partial charge in [0.2, 0.25) is 5.91 Å². The van der Waals surface area contributed by atoms with Gasteiger partial charge in [0.1, 0.15) is 5.54 Å². The van der Waals surface area contributed by atoms with Gasteiger partial charge in [0.15, 0.2) is 0 Å². The molecule has 1 heterocycles. The largest absolute Gasteiger partial charge is 0.368 e. The molecule has 1 unspecified atom stereocenters. The van der Waals surface area contributed by atoms with Gasteiger partial charge in [0, 0.05) is 18.4 Å². The van der Waals surface area contributed by atoms with Gasteiger partial charge in [-0.25, -0.2) is 4.98 Å². The zero-order chi connectivity index (χ0) is 11.9. The lowest BCUT2D eigenvalue weighted by Gasteiger charge is -2.32. The summed E-state index contributed by atoms with van der Waals surface area (Å²) in [6, 6.07) is 0.478. The second-order valence-electron chi connectivity index (χ2n) is 5.26. The summed E-state index contributed by atoms with van der Waals surface area (Å²) in [5.74, 6) is 0.170. The van der Waals surface area contributed by atoms with Gasteiger partial charge >= 0.3 is 0 Å². The van der Waals surface area contributed by atoms with E-state index in [1.807, 2.05) is 10.8 Å². The number of hydrogen-bond acceptors (Lipinski definition) is 3. The molecule has 17 heavy (non-hydrogen) atoms. The van der Waals surface area contributed by atoms with E-state index in [2.05, 4.69) is 10.3 Å². The first-order chi connectivity index (χ1) is 8.21. The fraction of sp³-hybridized carbons (Fsp3) is 0.667. The summed E-state index contributed by atoms with van der Waals surface area (Å²) >= 11 is 0. The van der Waals surface area contributed by atoms with Crippen LogP contribution in [0.3, 0.4) is 0 Å². The van der Waals surface area contributed by atoms with E-state index in [0.29, 0.717) is 18.5 Å². The second kappa shape index (κ2) is 3.84. The van der Waals surface area contributed by atoms with E-state index in [-0.39, 0.29) is 5.91 Å². The number of aromatic nitrogens is 2. The third kappa shape index (κ3) is 2.07. The zero-order valence-electron chi connectivity index (χ0n) is 9.80. The molecule has 2 aliphatic rings. The van der Waals surface area contributed by atoms with Crippen LogP contribution >= 0.6 is 0 Å². The van der Waals surface area contributed by atoms with Crippen molar-refractivity contribution in [2.75, 3.05) is 0 Å². The molecule has 0 aliphatic heterocycles. The molecule has 1 atom stereocenters. The van der Waals surface area contributed by atoms with E-state index in [1.165, 1.54) is 0 Å². The normalized spacial score (nSPS) is 23.3. The van der Waals surface area contributed by atoms with Crippen LogP contribution in [0, 0.1) is 5.92 Å². The lowest BCUT2D eigenvalue weighted by Crippen LogP contribution is -2.60. The van der Waals surface area contributed by atoms with Crippen LogP contribution in [-0.2, 0) is 11.3 Å². The highest BCUT2D eigenvalue weighted by atomic mass is 16.1. The van der Waals surface area contributed by atoms with Gasteiger partial charge in [0.25, 0.3) is 0 Å². The van der Waals surface area contributed by atoms with Crippen LogP contribution < -0.4 is 11.1 Å². The van der Waals surface area contributed by atoms with Crippen LogP contribution in [0.1, 0.15) is 25.7 Å². The SMILES string of the molecule is NC(=O)C(Cn1ccnc1)(NC1CC1)C1CC1. The monoisotopic (exact) mass is 234 g/mol. The predicted octanol–water partition coefficient (Wildman–Crippen LogP) is 0.269. The van der Waals surface area contributed by atoms with Gasteiger partial charge in [-0.15, -0.1) is 0 Å². The summed E-state index contributed by atoms with van der Waals surface area (Å²) in [7, 11) is 0. The van der Waals surface area contributed by atoms with Crippen molar-refractivity contribution >= 4 is 5.91 Å². The highest BCUT2D eigenvalue weighted by Gasteiger charge is 2.52. The van der Waals surface area contributed by atoms with Crippen molar-refractivity contribution in [2.24, 2.45) is 11.7 Å².